The van der Waals surface area contributed by atoms with Crippen molar-refractivity contribution < 1.29 is 19.0 Å². The van der Waals surface area contributed by atoms with Crippen LogP contribution in [0, 0.1) is 0 Å². The van der Waals surface area contributed by atoms with Gasteiger partial charge in [0.1, 0.15) is 11.5 Å². The minimum Gasteiger partial charge on any atom is -0.497 e. The number of carbonyl (C=O) groups is 1. The molecule has 0 bridgehead atoms. The number of hydrogen-bond acceptors (Lipinski definition) is 4. The van der Waals surface area contributed by atoms with Crippen molar-refractivity contribution in [2.24, 2.45) is 0 Å². The van der Waals surface area contributed by atoms with E-state index in [4.69, 9.17) is 14.2 Å². The van der Waals surface area contributed by atoms with Gasteiger partial charge in [0.15, 0.2) is 0 Å². The van der Waals surface area contributed by atoms with Gasteiger partial charge in [0.2, 0.25) is 0 Å². The zero-order chi connectivity index (χ0) is 14.5. The molecule has 2 atom stereocenters. The summed E-state index contributed by atoms with van der Waals surface area (Å²) in [6.07, 6.45) is 2.69. The standard InChI is InChI=1S/C16H20O4/c1-4-19-14-8-9-15(20-11(2)17)16(14)12-6-5-7-13(10-12)18-3/h5-7,9-10,14,16H,4,8H2,1-3H3/t14-,16+/m1/s1. The van der Waals surface area contributed by atoms with E-state index >= 15 is 0 Å². The molecule has 0 aliphatic heterocycles. The molecule has 0 N–H and O–H groups in total. The van der Waals surface area contributed by atoms with Crippen molar-refractivity contribution in [1.82, 2.24) is 0 Å². The van der Waals surface area contributed by atoms with Crippen molar-refractivity contribution in [2.75, 3.05) is 13.7 Å². The monoisotopic (exact) mass is 276 g/mol. The predicted molar refractivity (Wildman–Crippen MR) is 75.6 cm³/mol. The minimum absolute atomic E-state index is 0.00135. The van der Waals surface area contributed by atoms with E-state index in [1.54, 1.807) is 7.11 Å². The van der Waals surface area contributed by atoms with Crippen LogP contribution in [-0.4, -0.2) is 25.8 Å². The van der Waals surface area contributed by atoms with Crippen molar-refractivity contribution in [3.8, 4) is 5.75 Å². The van der Waals surface area contributed by atoms with Crippen LogP contribution in [0.4, 0.5) is 0 Å². The lowest BCUT2D eigenvalue weighted by molar-refractivity contribution is -0.137. The maximum Gasteiger partial charge on any atom is 0.307 e. The first kappa shape index (κ1) is 14.6. The smallest absolute Gasteiger partial charge is 0.307 e. The van der Waals surface area contributed by atoms with Gasteiger partial charge < -0.3 is 14.2 Å². The largest absolute Gasteiger partial charge is 0.497 e. The quantitative estimate of drug-likeness (QED) is 0.775. The van der Waals surface area contributed by atoms with Gasteiger partial charge in [0.05, 0.1) is 19.1 Å². The molecule has 0 unspecified atom stereocenters. The maximum atomic E-state index is 11.2. The Kier molecular flexibility index (Phi) is 4.79. The Labute approximate surface area is 119 Å². The second-order valence-electron chi connectivity index (χ2n) is 4.68. The summed E-state index contributed by atoms with van der Waals surface area (Å²) < 4.78 is 16.4. The molecule has 4 nitrogen and oxygen atoms in total. The van der Waals surface area contributed by atoms with Crippen molar-refractivity contribution in [2.45, 2.75) is 32.3 Å². The molecule has 0 spiro atoms. The van der Waals surface area contributed by atoms with E-state index in [-0.39, 0.29) is 18.0 Å². The zero-order valence-electron chi connectivity index (χ0n) is 12.1. The number of rotatable bonds is 5. The summed E-state index contributed by atoms with van der Waals surface area (Å²) in [6.45, 7) is 4.01. The number of hydrogen-bond donors (Lipinski definition) is 0. The molecule has 0 saturated carbocycles. The van der Waals surface area contributed by atoms with Crippen LogP contribution in [0.2, 0.25) is 0 Å². The van der Waals surface area contributed by atoms with Crippen LogP contribution < -0.4 is 4.74 Å². The maximum absolute atomic E-state index is 11.2. The van der Waals surface area contributed by atoms with Crippen LogP contribution in [0.3, 0.4) is 0 Å². The molecule has 0 radical (unpaired) electrons. The Morgan fingerprint density at radius 2 is 2.20 bits per heavy atom. The topological polar surface area (TPSA) is 44.8 Å². The predicted octanol–water partition coefficient (Wildman–Crippen LogP) is 3.03. The summed E-state index contributed by atoms with van der Waals surface area (Å²) in [5.41, 5.74) is 1.04. The Morgan fingerprint density at radius 3 is 2.85 bits per heavy atom. The molecule has 0 amide bonds. The average Bonchev–Trinajstić information content (AvgIpc) is 2.81. The van der Waals surface area contributed by atoms with Crippen LogP contribution in [0.1, 0.15) is 31.7 Å². The number of benzene rings is 1. The highest BCUT2D eigenvalue weighted by atomic mass is 16.5. The van der Waals surface area contributed by atoms with Crippen LogP contribution >= 0.6 is 0 Å². The third-order valence-corrected chi connectivity index (χ3v) is 3.32. The summed E-state index contributed by atoms with van der Waals surface area (Å²) in [5.74, 6) is 1.09. The van der Waals surface area contributed by atoms with E-state index < -0.39 is 0 Å². The number of esters is 1. The lowest BCUT2D eigenvalue weighted by atomic mass is 9.94. The second kappa shape index (κ2) is 6.57. The molecular formula is C16H20O4. The number of ether oxygens (including phenoxy) is 3. The molecule has 20 heavy (non-hydrogen) atoms. The third kappa shape index (κ3) is 3.20. The Bertz CT molecular complexity index is 507. The molecule has 1 aliphatic rings. The molecule has 0 saturated heterocycles. The minimum atomic E-state index is -0.304. The van der Waals surface area contributed by atoms with Gasteiger partial charge in [-0.25, -0.2) is 0 Å². The van der Waals surface area contributed by atoms with Gasteiger partial charge in [0, 0.05) is 13.5 Å². The second-order valence-corrected chi connectivity index (χ2v) is 4.68. The Balaban J connectivity index is 2.29. The van der Waals surface area contributed by atoms with Gasteiger partial charge in [-0.05, 0) is 37.1 Å². The van der Waals surface area contributed by atoms with E-state index in [1.807, 2.05) is 37.3 Å². The molecular weight excluding hydrogens is 256 g/mol. The fourth-order valence-electron chi connectivity index (χ4n) is 2.54. The Morgan fingerprint density at radius 1 is 1.40 bits per heavy atom. The average molecular weight is 276 g/mol. The lowest BCUT2D eigenvalue weighted by Crippen LogP contribution is -2.20. The summed E-state index contributed by atoms with van der Waals surface area (Å²) >= 11 is 0. The van der Waals surface area contributed by atoms with Crippen molar-refractivity contribution in [3.63, 3.8) is 0 Å². The number of methoxy groups -OCH3 is 1. The van der Waals surface area contributed by atoms with E-state index in [0.29, 0.717) is 12.4 Å². The van der Waals surface area contributed by atoms with Gasteiger partial charge in [-0.1, -0.05) is 12.1 Å². The summed E-state index contributed by atoms with van der Waals surface area (Å²) in [6, 6.07) is 7.78. The Hall–Kier alpha value is -1.81. The van der Waals surface area contributed by atoms with E-state index in [0.717, 1.165) is 17.7 Å². The van der Waals surface area contributed by atoms with Crippen molar-refractivity contribution in [1.29, 1.82) is 0 Å². The third-order valence-electron chi connectivity index (χ3n) is 3.32. The molecule has 108 valence electrons. The van der Waals surface area contributed by atoms with Crippen LogP contribution in [0.5, 0.6) is 5.75 Å². The summed E-state index contributed by atoms with van der Waals surface area (Å²) in [4.78, 5) is 11.2. The fraction of sp³-hybridized carbons (Fsp3) is 0.438. The van der Waals surface area contributed by atoms with Crippen LogP contribution in [0.25, 0.3) is 0 Å². The lowest BCUT2D eigenvalue weighted by Gasteiger charge is -2.23. The fourth-order valence-corrected chi connectivity index (χ4v) is 2.54. The first-order chi connectivity index (χ1) is 9.65. The normalized spacial score (nSPS) is 21.4. The van der Waals surface area contributed by atoms with E-state index in [1.165, 1.54) is 6.92 Å². The molecule has 4 heteroatoms. The van der Waals surface area contributed by atoms with Gasteiger partial charge in [0.25, 0.3) is 0 Å². The summed E-state index contributed by atoms with van der Waals surface area (Å²) in [5, 5.41) is 0. The highest BCUT2D eigenvalue weighted by molar-refractivity contribution is 5.67. The summed E-state index contributed by atoms with van der Waals surface area (Å²) in [7, 11) is 1.64. The highest BCUT2D eigenvalue weighted by Crippen LogP contribution is 2.39. The molecule has 1 aliphatic carbocycles. The van der Waals surface area contributed by atoms with Gasteiger partial charge in [-0.3, -0.25) is 4.79 Å². The first-order valence-corrected chi connectivity index (χ1v) is 6.79. The molecule has 1 aromatic rings. The number of carbonyl (C=O) groups excluding carboxylic acids is 1. The first-order valence-electron chi connectivity index (χ1n) is 6.79. The van der Waals surface area contributed by atoms with Crippen LogP contribution in [0.15, 0.2) is 36.1 Å². The van der Waals surface area contributed by atoms with E-state index in [9.17, 15) is 4.79 Å². The molecule has 0 fully saturated rings. The van der Waals surface area contributed by atoms with Crippen LogP contribution in [-0.2, 0) is 14.3 Å². The van der Waals surface area contributed by atoms with Crippen molar-refractivity contribution in [3.05, 3.63) is 41.7 Å². The SMILES string of the molecule is CCO[C@@H]1CC=C(OC(C)=O)[C@H]1c1cccc(OC)c1. The highest BCUT2D eigenvalue weighted by Gasteiger charge is 2.34. The molecule has 0 aromatic heterocycles. The van der Waals surface area contributed by atoms with Gasteiger partial charge >= 0.3 is 5.97 Å². The zero-order valence-corrected chi connectivity index (χ0v) is 12.1. The van der Waals surface area contributed by atoms with Gasteiger partial charge in [-0.15, -0.1) is 0 Å². The molecule has 2 rings (SSSR count). The molecule has 0 heterocycles. The van der Waals surface area contributed by atoms with Crippen molar-refractivity contribution >= 4 is 5.97 Å². The molecule has 1 aromatic carbocycles. The van der Waals surface area contributed by atoms with Gasteiger partial charge in [-0.2, -0.15) is 0 Å². The van der Waals surface area contributed by atoms with E-state index in [2.05, 4.69) is 0 Å².